The summed E-state index contributed by atoms with van der Waals surface area (Å²) in [6.45, 7) is 5.52. The van der Waals surface area contributed by atoms with Crippen molar-refractivity contribution in [2.45, 2.75) is 20.1 Å². The van der Waals surface area contributed by atoms with Crippen LogP contribution in [-0.4, -0.2) is 57.1 Å². The number of aromatic nitrogens is 4. The van der Waals surface area contributed by atoms with Gasteiger partial charge in [-0.3, -0.25) is 19.1 Å². The van der Waals surface area contributed by atoms with Gasteiger partial charge in [0.2, 0.25) is 11.1 Å². The molecule has 0 spiro atoms. The molecule has 0 radical (unpaired) electrons. The van der Waals surface area contributed by atoms with E-state index in [1.807, 2.05) is 13.0 Å². The normalized spacial score (nSPS) is 13.2. The molecule has 1 atom stereocenters. The van der Waals surface area contributed by atoms with Gasteiger partial charge in [0.05, 0.1) is 33.3 Å². The van der Waals surface area contributed by atoms with Gasteiger partial charge >= 0.3 is 7.60 Å². The lowest BCUT2D eigenvalue weighted by Gasteiger charge is -2.19. The first kappa shape index (κ1) is 32.0. The fraction of sp³-hybridized carbons (Fsp3) is 0.308. The van der Waals surface area contributed by atoms with Gasteiger partial charge in [-0.15, -0.1) is 0 Å². The summed E-state index contributed by atoms with van der Waals surface area (Å²) in [6.07, 6.45) is 7.88. The number of nitrogens with one attached hydrogen (secondary N) is 1. The highest BCUT2D eigenvalue weighted by Crippen LogP contribution is 2.49. The number of allylic oxidation sites excluding steroid dienone is 4. The van der Waals surface area contributed by atoms with E-state index in [1.165, 1.54) is 25.6 Å². The number of imidazole rings is 1. The van der Waals surface area contributed by atoms with Gasteiger partial charge in [-0.05, 0) is 24.6 Å². The van der Waals surface area contributed by atoms with Crippen LogP contribution in [0.1, 0.15) is 12.5 Å². The number of aromatic amines is 1. The number of benzene rings is 1. The first-order valence-electron chi connectivity index (χ1n) is 12.3. The minimum absolute atomic E-state index is 0.0410. The Hall–Kier alpha value is -3.55. The van der Waals surface area contributed by atoms with E-state index in [0.717, 1.165) is 11.8 Å². The fourth-order valence-corrected chi connectivity index (χ4v) is 5.33. The maximum absolute atomic E-state index is 14.1. The standard InChI is InChI=1S/C26H31FN5O7PS/c1-4-5-6-7-18(2)25(34)41-13-12-38-40(35,39-15-19-8-9-21(36-3)20(27)14-19)17-37-11-10-32-16-29-22-23(32)30-26(28)31-24(22)33/h4-9,14,16H,2,10-13,15,17H2,1,3H3,(H3,28,30,31,33)/b5-4-,7-6-. The molecule has 2 aromatic heterocycles. The van der Waals surface area contributed by atoms with Gasteiger partial charge in [0.15, 0.2) is 22.7 Å². The second kappa shape index (κ2) is 15.5. The van der Waals surface area contributed by atoms with E-state index >= 15 is 0 Å². The summed E-state index contributed by atoms with van der Waals surface area (Å²) in [6, 6.07) is 4.20. The van der Waals surface area contributed by atoms with Gasteiger partial charge in [0, 0.05) is 17.9 Å². The summed E-state index contributed by atoms with van der Waals surface area (Å²) in [4.78, 5) is 34.7. The van der Waals surface area contributed by atoms with Gasteiger partial charge in [0.1, 0.15) is 6.35 Å². The molecule has 0 saturated carbocycles. The number of thioether (sulfide) groups is 1. The third-order valence-corrected chi connectivity index (χ3v) is 7.82. The number of fused-ring (bicyclic) bond motifs is 1. The smallest absolute Gasteiger partial charge is 0.356 e. The number of halogens is 1. The number of H-pyrrole nitrogens is 1. The maximum atomic E-state index is 14.1. The summed E-state index contributed by atoms with van der Waals surface area (Å²) in [7, 11) is -2.51. The molecule has 0 saturated heterocycles. The lowest BCUT2D eigenvalue weighted by atomic mass is 10.2. The van der Waals surface area contributed by atoms with Crippen molar-refractivity contribution in [2.24, 2.45) is 0 Å². The number of nitrogens with zero attached hydrogens (tertiary/aromatic N) is 3. The Balaban J connectivity index is 1.59. The lowest BCUT2D eigenvalue weighted by Crippen LogP contribution is -2.13. The van der Waals surface area contributed by atoms with Crippen LogP contribution in [0.5, 0.6) is 5.75 Å². The van der Waals surface area contributed by atoms with Crippen molar-refractivity contribution in [3.63, 3.8) is 0 Å². The number of hydrogen-bond acceptors (Lipinski definition) is 11. The predicted molar refractivity (Wildman–Crippen MR) is 155 cm³/mol. The molecule has 41 heavy (non-hydrogen) atoms. The summed E-state index contributed by atoms with van der Waals surface area (Å²) in [5.41, 5.74) is 6.25. The van der Waals surface area contributed by atoms with Crippen molar-refractivity contribution in [3.8, 4) is 5.75 Å². The van der Waals surface area contributed by atoms with Crippen molar-refractivity contribution in [1.29, 1.82) is 0 Å². The molecule has 220 valence electrons. The largest absolute Gasteiger partial charge is 0.494 e. The van der Waals surface area contributed by atoms with Gasteiger partial charge in [0.25, 0.3) is 5.56 Å². The first-order valence-corrected chi connectivity index (χ1v) is 15.0. The van der Waals surface area contributed by atoms with Crippen LogP contribution in [0.25, 0.3) is 11.2 Å². The van der Waals surface area contributed by atoms with Gasteiger partial charge in [-0.1, -0.05) is 48.7 Å². The molecular weight excluding hydrogens is 576 g/mol. The van der Waals surface area contributed by atoms with Crippen molar-refractivity contribution in [2.75, 3.05) is 38.2 Å². The molecule has 0 bridgehead atoms. The molecule has 3 N–H and O–H groups in total. The minimum atomic E-state index is -3.86. The molecule has 0 aliphatic heterocycles. The van der Waals surface area contributed by atoms with E-state index in [4.69, 9.17) is 24.3 Å². The van der Waals surface area contributed by atoms with Gasteiger partial charge < -0.3 is 28.8 Å². The van der Waals surface area contributed by atoms with Gasteiger partial charge in [-0.25, -0.2) is 9.37 Å². The summed E-state index contributed by atoms with van der Waals surface area (Å²) >= 11 is 0.958. The van der Waals surface area contributed by atoms with Crippen LogP contribution < -0.4 is 16.0 Å². The number of nitrogen functional groups attached to an aromatic ring is 1. The van der Waals surface area contributed by atoms with Crippen LogP contribution in [0.15, 0.2) is 65.8 Å². The first-order chi connectivity index (χ1) is 19.7. The molecule has 1 aromatic carbocycles. The third kappa shape index (κ3) is 9.51. The summed E-state index contributed by atoms with van der Waals surface area (Å²) in [5.74, 6) is -0.409. The molecule has 0 amide bonds. The number of ether oxygens (including phenoxy) is 2. The Morgan fingerprint density at radius 2 is 2.10 bits per heavy atom. The molecule has 3 rings (SSSR count). The number of carbonyl (C=O) groups is 1. The number of methoxy groups -OCH3 is 1. The van der Waals surface area contributed by atoms with Crippen LogP contribution >= 0.6 is 19.4 Å². The number of rotatable bonds is 16. The molecule has 0 aliphatic carbocycles. The number of nitrogens with two attached hydrogens (primary N) is 1. The Bertz CT molecular complexity index is 1540. The Labute approximate surface area is 240 Å². The Kier molecular flexibility index (Phi) is 12.0. The average Bonchev–Trinajstić information content (AvgIpc) is 3.35. The predicted octanol–water partition coefficient (Wildman–Crippen LogP) is 4.20. The molecule has 0 fully saturated rings. The average molecular weight is 608 g/mol. The molecule has 2 heterocycles. The van der Waals surface area contributed by atoms with Crippen molar-refractivity contribution >= 4 is 41.6 Å². The quantitative estimate of drug-likeness (QED) is 0.104. The van der Waals surface area contributed by atoms with Crippen molar-refractivity contribution < 1.29 is 32.3 Å². The van der Waals surface area contributed by atoms with Crippen LogP contribution in [0.3, 0.4) is 0 Å². The van der Waals surface area contributed by atoms with Crippen LogP contribution in [-0.2, 0) is 36.3 Å². The van der Waals surface area contributed by atoms with Crippen molar-refractivity contribution in [1.82, 2.24) is 19.5 Å². The number of hydrogen-bond donors (Lipinski definition) is 2. The zero-order valence-electron chi connectivity index (χ0n) is 22.6. The minimum Gasteiger partial charge on any atom is -0.494 e. The van der Waals surface area contributed by atoms with E-state index < -0.39 is 25.3 Å². The van der Waals surface area contributed by atoms with E-state index in [-0.39, 0.29) is 60.1 Å². The summed E-state index contributed by atoms with van der Waals surface area (Å²) < 4.78 is 50.8. The van der Waals surface area contributed by atoms with E-state index in [0.29, 0.717) is 11.1 Å². The van der Waals surface area contributed by atoms with E-state index in [1.54, 1.807) is 28.9 Å². The van der Waals surface area contributed by atoms with Crippen LogP contribution in [0.4, 0.5) is 10.3 Å². The van der Waals surface area contributed by atoms with Crippen molar-refractivity contribution in [3.05, 3.63) is 82.7 Å². The zero-order chi connectivity index (χ0) is 29.8. The Morgan fingerprint density at radius 3 is 2.83 bits per heavy atom. The number of carbonyl (C=O) groups excluding carboxylic acids is 1. The fourth-order valence-electron chi connectivity index (χ4n) is 3.31. The van der Waals surface area contributed by atoms with Gasteiger partial charge in [-0.2, -0.15) is 4.98 Å². The summed E-state index contributed by atoms with van der Waals surface area (Å²) in [5, 5.41) is -0.254. The molecule has 1 unspecified atom stereocenters. The van der Waals surface area contributed by atoms with E-state index in [9.17, 15) is 18.5 Å². The highest BCUT2D eigenvalue weighted by atomic mass is 32.2. The topological polar surface area (TPSA) is 161 Å². The molecular formula is C26H31FN5O7PS. The Morgan fingerprint density at radius 1 is 1.29 bits per heavy atom. The van der Waals surface area contributed by atoms with Crippen LogP contribution in [0.2, 0.25) is 0 Å². The van der Waals surface area contributed by atoms with E-state index in [2.05, 4.69) is 21.5 Å². The molecule has 0 aliphatic rings. The van der Waals surface area contributed by atoms with Crippen LogP contribution in [0, 0.1) is 5.82 Å². The maximum Gasteiger partial charge on any atom is 0.356 e. The highest BCUT2D eigenvalue weighted by molar-refractivity contribution is 8.14. The monoisotopic (exact) mass is 607 g/mol. The highest BCUT2D eigenvalue weighted by Gasteiger charge is 2.26. The lowest BCUT2D eigenvalue weighted by molar-refractivity contribution is -0.107. The zero-order valence-corrected chi connectivity index (χ0v) is 24.3. The third-order valence-electron chi connectivity index (χ3n) is 5.33. The molecule has 3 aromatic rings. The SMILES string of the molecule is C=C(/C=C\C=C/C)C(=O)SCCOP(=O)(COCCn1cnc2c(=O)[nH]c(N)nc21)OCc1ccc(OC)c(F)c1. The second-order valence-electron chi connectivity index (χ2n) is 8.33. The second-order valence-corrected chi connectivity index (χ2v) is 11.4. The molecule has 12 nitrogen and oxygen atoms in total. The molecule has 15 heteroatoms. The number of anilines is 1.